The van der Waals surface area contributed by atoms with E-state index in [-0.39, 0.29) is 0 Å². The summed E-state index contributed by atoms with van der Waals surface area (Å²) in [4.78, 5) is 2.60. The van der Waals surface area contributed by atoms with Crippen LogP contribution in [0.2, 0.25) is 0 Å². The average molecular weight is 229 g/mol. The molecule has 0 aliphatic carbocycles. The van der Waals surface area contributed by atoms with Gasteiger partial charge < -0.3 is 4.74 Å². The zero-order valence-electron chi connectivity index (χ0n) is 9.69. The first-order chi connectivity index (χ1) is 7.28. The number of likely N-dealkylation sites (tertiary alicyclic amines) is 1. The Bertz CT molecular complexity index is 188. The van der Waals surface area contributed by atoms with Gasteiger partial charge in [-0.1, -0.05) is 6.92 Å². The second-order valence-electron chi connectivity index (χ2n) is 5.12. The number of morpholine rings is 1. The molecule has 0 spiro atoms. The predicted octanol–water partition coefficient (Wildman–Crippen LogP) is 2.20. The van der Waals surface area contributed by atoms with Gasteiger partial charge in [-0.15, -0.1) is 0 Å². The fourth-order valence-corrected chi connectivity index (χ4v) is 3.09. The summed E-state index contributed by atoms with van der Waals surface area (Å²) in [6.45, 7) is 5.94. The maximum absolute atomic E-state index is 5.83. The summed E-state index contributed by atoms with van der Waals surface area (Å²) in [5.74, 6) is 1.85. The highest BCUT2D eigenvalue weighted by Crippen LogP contribution is 2.26. The zero-order chi connectivity index (χ0) is 10.7. The molecular weight excluding hydrogens is 206 g/mol. The Hall–Kier alpha value is 0.270. The van der Waals surface area contributed by atoms with Crippen LogP contribution in [0.1, 0.15) is 32.6 Å². The van der Waals surface area contributed by atoms with Crippen molar-refractivity contribution in [2.24, 2.45) is 5.92 Å². The van der Waals surface area contributed by atoms with Gasteiger partial charge in [0.2, 0.25) is 0 Å². The van der Waals surface area contributed by atoms with Crippen molar-refractivity contribution in [2.45, 2.75) is 44.8 Å². The van der Waals surface area contributed by atoms with E-state index in [1.54, 1.807) is 0 Å². The highest BCUT2D eigenvalue weighted by atomic mass is 32.1. The Morgan fingerprint density at radius 1 is 1.27 bits per heavy atom. The van der Waals surface area contributed by atoms with Crippen LogP contribution in [0, 0.1) is 5.92 Å². The molecule has 3 atom stereocenters. The minimum Gasteiger partial charge on any atom is -0.372 e. The topological polar surface area (TPSA) is 12.5 Å². The van der Waals surface area contributed by atoms with E-state index in [0.717, 1.165) is 11.7 Å². The molecule has 0 aromatic rings. The SMILES string of the molecule is CC(CCS)CCN1CC2CCC(C1)O2. The van der Waals surface area contributed by atoms with Gasteiger partial charge >= 0.3 is 0 Å². The van der Waals surface area contributed by atoms with Crippen LogP contribution in [0.4, 0.5) is 0 Å². The summed E-state index contributed by atoms with van der Waals surface area (Å²) in [5, 5.41) is 0. The molecule has 0 amide bonds. The largest absolute Gasteiger partial charge is 0.372 e. The molecular formula is C12H23NOS. The van der Waals surface area contributed by atoms with Gasteiger partial charge in [-0.05, 0) is 43.9 Å². The van der Waals surface area contributed by atoms with Gasteiger partial charge in [0.1, 0.15) is 0 Å². The van der Waals surface area contributed by atoms with Crippen LogP contribution >= 0.6 is 12.6 Å². The lowest BCUT2D eigenvalue weighted by atomic mass is 10.0. The van der Waals surface area contributed by atoms with Crippen LogP contribution in [-0.2, 0) is 4.74 Å². The van der Waals surface area contributed by atoms with Crippen molar-refractivity contribution in [2.75, 3.05) is 25.4 Å². The summed E-state index contributed by atoms with van der Waals surface area (Å²) < 4.78 is 5.83. The van der Waals surface area contributed by atoms with Crippen molar-refractivity contribution < 1.29 is 4.74 Å². The van der Waals surface area contributed by atoms with Crippen molar-refractivity contribution in [1.29, 1.82) is 0 Å². The average Bonchev–Trinajstić information content (AvgIpc) is 2.56. The first-order valence-corrected chi connectivity index (χ1v) is 6.90. The molecule has 3 unspecified atom stereocenters. The third kappa shape index (κ3) is 3.36. The molecule has 0 saturated carbocycles. The predicted molar refractivity (Wildman–Crippen MR) is 66.6 cm³/mol. The third-order valence-corrected chi connectivity index (χ3v) is 3.94. The Kier molecular flexibility index (Phi) is 4.35. The standard InChI is InChI=1S/C12H23NOS/c1-10(5-7-15)4-6-13-8-11-2-3-12(9-13)14-11/h10-12,15H,2-9H2,1H3. The van der Waals surface area contributed by atoms with E-state index < -0.39 is 0 Å². The summed E-state index contributed by atoms with van der Waals surface area (Å²) in [7, 11) is 0. The summed E-state index contributed by atoms with van der Waals surface area (Å²) in [6, 6.07) is 0. The Balaban J connectivity index is 1.67. The van der Waals surface area contributed by atoms with E-state index in [1.807, 2.05) is 0 Å². The minimum atomic E-state index is 0.545. The quantitative estimate of drug-likeness (QED) is 0.726. The fourth-order valence-electron chi connectivity index (χ4n) is 2.65. The molecule has 0 radical (unpaired) electrons. The Morgan fingerprint density at radius 3 is 2.53 bits per heavy atom. The van der Waals surface area contributed by atoms with Crippen LogP contribution in [0.5, 0.6) is 0 Å². The van der Waals surface area contributed by atoms with E-state index in [9.17, 15) is 0 Å². The van der Waals surface area contributed by atoms with Gasteiger partial charge in [0.05, 0.1) is 12.2 Å². The number of hydrogen-bond donors (Lipinski definition) is 1. The van der Waals surface area contributed by atoms with E-state index in [0.29, 0.717) is 12.2 Å². The number of thiol groups is 1. The van der Waals surface area contributed by atoms with E-state index in [2.05, 4.69) is 24.5 Å². The summed E-state index contributed by atoms with van der Waals surface area (Å²) in [6.07, 6.45) is 6.23. The van der Waals surface area contributed by atoms with Gasteiger partial charge in [-0.2, -0.15) is 12.6 Å². The van der Waals surface area contributed by atoms with E-state index in [4.69, 9.17) is 4.74 Å². The van der Waals surface area contributed by atoms with Crippen molar-refractivity contribution in [3.63, 3.8) is 0 Å². The molecule has 2 aliphatic rings. The fraction of sp³-hybridized carbons (Fsp3) is 1.00. The number of hydrogen-bond acceptors (Lipinski definition) is 3. The molecule has 88 valence electrons. The molecule has 3 heteroatoms. The summed E-state index contributed by atoms with van der Waals surface area (Å²) >= 11 is 4.28. The zero-order valence-corrected chi connectivity index (χ0v) is 10.6. The molecule has 2 saturated heterocycles. The minimum absolute atomic E-state index is 0.545. The number of ether oxygens (including phenoxy) is 1. The maximum atomic E-state index is 5.83. The third-order valence-electron chi connectivity index (χ3n) is 3.68. The molecule has 15 heavy (non-hydrogen) atoms. The number of nitrogens with zero attached hydrogens (tertiary/aromatic N) is 1. The lowest BCUT2D eigenvalue weighted by molar-refractivity contribution is -0.0393. The van der Waals surface area contributed by atoms with E-state index in [1.165, 1.54) is 45.3 Å². The molecule has 2 fully saturated rings. The monoisotopic (exact) mass is 229 g/mol. The van der Waals surface area contributed by atoms with Crippen molar-refractivity contribution in [3.05, 3.63) is 0 Å². The number of fused-ring (bicyclic) bond motifs is 2. The second kappa shape index (κ2) is 5.55. The molecule has 0 N–H and O–H groups in total. The molecule has 2 aliphatic heterocycles. The Morgan fingerprint density at radius 2 is 1.93 bits per heavy atom. The summed E-state index contributed by atoms with van der Waals surface area (Å²) in [5.41, 5.74) is 0. The molecule has 2 rings (SSSR count). The van der Waals surface area contributed by atoms with Crippen molar-refractivity contribution in [1.82, 2.24) is 4.90 Å². The lowest BCUT2D eigenvalue weighted by Gasteiger charge is -2.32. The van der Waals surface area contributed by atoms with Crippen LogP contribution in [0.25, 0.3) is 0 Å². The molecule has 2 bridgehead atoms. The van der Waals surface area contributed by atoms with Gasteiger partial charge in [-0.3, -0.25) is 4.90 Å². The Labute approximate surface area is 98.8 Å². The van der Waals surface area contributed by atoms with Gasteiger partial charge in [-0.25, -0.2) is 0 Å². The first-order valence-electron chi connectivity index (χ1n) is 6.26. The van der Waals surface area contributed by atoms with Crippen molar-refractivity contribution in [3.8, 4) is 0 Å². The normalized spacial score (nSPS) is 33.2. The first kappa shape index (κ1) is 11.7. The lowest BCUT2D eigenvalue weighted by Crippen LogP contribution is -2.43. The molecule has 2 nitrogen and oxygen atoms in total. The van der Waals surface area contributed by atoms with Crippen LogP contribution in [0.3, 0.4) is 0 Å². The smallest absolute Gasteiger partial charge is 0.0707 e. The van der Waals surface area contributed by atoms with Gasteiger partial charge in [0.25, 0.3) is 0 Å². The molecule has 0 aromatic heterocycles. The second-order valence-corrected chi connectivity index (χ2v) is 5.57. The van der Waals surface area contributed by atoms with E-state index >= 15 is 0 Å². The highest BCUT2D eigenvalue weighted by molar-refractivity contribution is 7.80. The molecule has 2 heterocycles. The van der Waals surface area contributed by atoms with Gasteiger partial charge in [0.15, 0.2) is 0 Å². The van der Waals surface area contributed by atoms with Crippen molar-refractivity contribution >= 4 is 12.6 Å². The maximum Gasteiger partial charge on any atom is 0.0707 e. The van der Waals surface area contributed by atoms with Crippen LogP contribution < -0.4 is 0 Å². The van der Waals surface area contributed by atoms with Gasteiger partial charge in [0, 0.05) is 13.1 Å². The van der Waals surface area contributed by atoms with Crippen LogP contribution in [-0.4, -0.2) is 42.5 Å². The van der Waals surface area contributed by atoms with Crippen LogP contribution in [0.15, 0.2) is 0 Å². The number of rotatable bonds is 5. The highest BCUT2D eigenvalue weighted by Gasteiger charge is 2.33. The molecule has 0 aromatic carbocycles.